The second-order valence-corrected chi connectivity index (χ2v) is 6.76. The third kappa shape index (κ3) is 4.28. The number of halogens is 1. The first kappa shape index (κ1) is 18.9. The molecule has 0 fully saturated rings. The van der Waals surface area contributed by atoms with Crippen molar-refractivity contribution in [3.8, 4) is 11.4 Å². The van der Waals surface area contributed by atoms with Gasteiger partial charge in [-0.2, -0.15) is 0 Å². The number of hydrogen-bond acceptors (Lipinski definition) is 5. The highest BCUT2D eigenvalue weighted by atomic mass is 32.2. The molecule has 0 aliphatic heterocycles. The lowest BCUT2D eigenvalue weighted by Gasteiger charge is -2.14. The molecule has 27 heavy (non-hydrogen) atoms. The molecule has 1 amide bonds. The van der Waals surface area contributed by atoms with Gasteiger partial charge in [-0.25, -0.2) is 4.39 Å². The minimum absolute atomic E-state index is 0.144. The van der Waals surface area contributed by atoms with Crippen molar-refractivity contribution in [2.75, 3.05) is 12.9 Å². The number of carbonyl (C=O) groups excluding carboxylic acids is 1. The van der Waals surface area contributed by atoms with E-state index in [1.54, 1.807) is 24.9 Å². The number of para-hydroxylation sites is 2. The standard InChI is InChI=1S/C19H19FN4O2S/c1-3-27-19-23-22-17(24(19)15-9-4-5-10-16(15)26-2)12-21-18(25)13-7-6-8-14(20)11-13/h4-11H,3,12H2,1-2H3,(H,21,25). The highest BCUT2D eigenvalue weighted by molar-refractivity contribution is 7.99. The van der Waals surface area contributed by atoms with Crippen LogP contribution < -0.4 is 10.1 Å². The van der Waals surface area contributed by atoms with Crippen molar-refractivity contribution >= 4 is 17.7 Å². The molecule has 0 bridgehead atoms. The topological polar surface area (TPSA) is 69.0 Å². The fraction of sp³-hybridized carbons (Fsp3) is 0.211. The average molecular weight is 386 g/mol. The number of thioether (sulfide) groups is 1. The Kier molecular flexibility index (Phi) is 6.08. The van der Waals surface area contributed by atoms with Gasteiger partial charge in [0.15, 0.2) is 11.0 Å². The number of nitrogens with one attached hydrogen (secondary N) is 1. The zero-order valence-corrected chi connectivity index (χ0v) is 15.8. The zero-order chi connectivity index (χ0) is 19.2. The first-order chi connectivity index (χ1) is 13.1. The van der Waals surface area contributed by atoms with E-state index in [1.165, 1.54) is 18.2 Å². The number of nitrogens with zero attached hydrogens (tertiary/aromatic N) is 3. The van der Waals surface area contributed by atoms with Crippen molar-refractivity contribution in [3.63, 3.8) is 0 Å². The summed E-state index contributed by atoms with van der Waals surface area (Å²) in [5.41, 5.74) is 1.04. The van der Waals surface area contributed by atoms with Gasteiger partial charge in [-0.3, -0.25) is 9.36 Å². The number of rotatable bonds is 7. The molecule has 0 saturated carbocycles. The van der Waals surface area contributed by atoms with Crippen molar-refractivity contribution in [3.05, 3.63) is 65.7 Å². The molecule has 0 atom stereocenters. The van der Waals surface area contributed by atoms with Gasteiger partial charge in [0.2, 0.25) is 0 Å². The Morgan fingerprint density at radius 3 is 2.78 bits per heavy atom. The molecule has 0 radical (unpaired) electrons. The molecule has 8 heteroatoms. The molecule has 1 aromatic heterocycles. The van der Waals surface area contributed by atoms with E-state index >= 15 is 0 Å². The summed E-state index contributed by atoms with van der Waals surface area (Å²) in [6.07, 6.45) is 0. The van der Waals surface area contributed by atoms with Crippen molar-refractivity contribution < 1.29 is 13.9 Å². The van der Waals surface area contributed by atoms with Crippen LogP contribution >= 0.6 is 11.8 Å². The number of benzene rings is 2. The third-order valence-electron chi connectivity index (χ3n) is 3.79. The maximum absolute atomic E-state index is 13.3. The number of methoxy groups -OCH3 is 1. The lowest BCUT2D eigenvalue weighted by atomic mass is 10.2. The molecule has 0 aliphatic rings. The van der Waals surface area contributed by atoms with Gasteiger partial charge in [0.25, 0.3) is 5.91 Å². The first-order valence-corrected chi connectivity index (χ1v) is 9.36. The van der Waals surface area contributed by atoms with Crippen molar-refractivity contribution in [1.29, 1.82) is 0 Å². The summed E-state index contributed by atoms with van der Waals surface area (Å²) in [5.74, 6) is 1.21. The Morgan fingerprint density at radius 1 is 1.22 bits per heavy atom. The van der Waals surface area contributed by atoms with Gasteiger partial charge in [-0.1, -0.05) is 36.9 Å². The summed E-state index contributed by atoms with van der Waals surface area (Å²) in [6, 6.07) is 13.1. The number of amides is 1. The Morgan fingerprint density at radius 2 is 2.04 bits per heavy atom. The van der Waals surface area contributed by atoms with Crippen LogP contribution in [0.1, 0.15) is 23.1 Å². The zero-order valence-electron chi connectivity index (χ0n) is 15.0. The van der Waals surface area contributed by atoms with E-state index in [0.717, 1.165) is 11.4 Å². The summed E-state index contributed by atoms with van der Waals surface area (Å²) in [6.45, 7) is 2.17. The quantitative estimate of drug-likeness (QED) is 0.630. The number of aromatic nitrogens is 3. The van der Waals surface area contributed by atoms with Crippen LogP contribution in [0.15, 0.2) is 53.7 Å². The monoisotopic (exact) mass is 386 g/mol. The lowest BCUT2D eigenvalue weighted by molar-refractivity contribution is 0.0949. The molecule has 3 rings (SSSR count). The average Bonchev–Trinajstić information content (AvgIpc) is 3.08. The Hall–Kier alpha value is -2.87. The number of ether oxygens (including phenoxy) is 1. The maximum atomic E-state index is 13.3. The number of hydrogen-bond donors (Lipinski definition) is 1. The SMILES string of the molecule is CCSc1nnc(CNC(=O)c2cccc(F)c2)n1-c1ccccc1OC. The number of carbonyl (C=O) groups is 1. The Bertz CT molecular complexity index is 945. The van der Waals surface area contributed by atoms with Crippen molar-refractivity contribution in [1.82, 2.24) is 20.1 Å². The van der Waals surface area contributed by atoms with Crippen LogP contribution in [-0.4, -0.2) is 33.5 Å². The molecule has 2 aromatic carbocycles. The largest absolute Gasteiger partial charge is 0.495 e. The summed E-state index contributed by atoms with van der Waals surface area (Å²) in [7, 11) is 1.60. The van der Waals surface area contributed by atoms with Gasteiger partial charge in [0.05, 0.1) is 19.3 Å². The van der Waals surface area contributed by atoms with Crippen LogP contribution in [0.5, 0.6) is 5.75 Å². The predicted molar refractivity (Wildman–Crippen MR) is 102 cm³/mol. The van der Waals surface area contributed by atoms with Gasteiger partial charge >= 0.3 is 0 Å². The minimum Gasteiger partial charge on any atom is -0.495 e. The Labute approximate surface area is 160 Å². The molecular weight excluding hydrogens is 367 g/mol. The van der Waals surface area contributed by atoms with Crippen LogP contribution in [0.3, 0.4) is 0 Å². The summed E-state index contributed by atoms with van der Waals surface area (Å²) in [4.78, 5) is 12.3. The molecule has 6 nitrogen and oxygen atoms in total. The highest BCUT2D eigenvalue weighted by Gasteiger charge is 2.18. The lowest BCUT2D eigenvalue weighted by Crippen LogP contribution is -2.24. The molecule has 0 saturated heterocycles. The van der Waals surface area contributed by atoms with E-state index in [-0.39, 0.29) is 18.0 Å². The van der Waals surface area contributed by atoms with E-state index in [9.17, 15) is 9.18 Å². The van der Waals surface area contributed by atoms with Gasteiger partial charge in [-0.05, 0) is 36.1 Å². The maximum Gasteiger partial charge on any atom is 0.251 e. The van der Waals surface area contributed by atoms with Crippen LogP contribution in [0, 0.1) is 5.82 Å². The van der Waals surface area contributed by atoms with Gasteiger partial charge in [0.1, 0.15) is 11.6 Å². The first-order valence-electron chi connectivity index (χ1n) is 8.38. The molecular formula is C19H19FN4O2S. The molecule has 1 N–H and O–H groups in total. The fourth-order valence-electron chi connectivity index (χ4n) is 2.58. The van der Waals surface area contributed by atoms with E-state index < -0.39 is 5.82 Å². The van der Waals surface area contributed by atoms with E-state index in [0.29, 0.717) is 16.7 Å². The van der Waals surface area contributed by atoms with Crippen LogP contribution in [0.2, 0.25) is 0 Å². The highest BCUT2D eigenvalue weighted by Crippen LogP contribution is 2.28. The molecule has 0 spiro atoms. The van der Waals surface area contributed by atoms with E-state index in [1.807, 2.05) is 35.8 Å². The Balaban J connectivity index is 1.89. The molecule has 140 valence electrons. The van der Waals surface area contributed by atoms with Crippen LogP contribution in [0.4, 0.5) is 4.39 Å². The smallest absolute Gasteiger partial charge is 0.251 e. The van der Waals surface area contributed by atoms with E-state index in [4.69, 9.17) is 4.74 Å². The summed E-state index contributed by atoms with van der Waals surface area (Å²) >= 11 is 1.54. The summed E-state index contributed by atoms with van der Waals surface area (Å²) < 4.78 is 20.6. The second-order valence-electron chi connectivity index (χ2n) is 5.53. The fourth-order valence-corrected chi connectivity index (χ4v) is 3.27. The van der Waals surface area contributed by atoms with Gasteiger partial charge < -0.3 is 10.1 Å². The molecule has 0 aliphatic carbocycles. The third-order valence-corrected chi connectivity index (χ3v) is 4.60. The normalized spacial score (nSPS) is 10.6. The van der Waals surface area contributed by atoms with Crippen molar-refractivity contribution in [2.24, 2.45) is 0 Å². The molecule has 3 aromatic rings. The van der Waals surface area contributed by atoms with Crippen LogP contribution in [0.25, 0.3) is 5.69 Å². The molecule has 1 heterocycles. The van der Waals surface area contributed by atoms with Crippen LogP contribution in [-0.2, 0) is 6.54 Å². The predicted octanol–water partition coefficient (Wildman–Crippen LogP) is 3.46. The van der Waals surface area contributed by atoms with E-state index in [2.05, 4.69) is 15.5 Å². The minimum atomic E-state index is -0.457. The van der Waals surface area contributed by atoms with Gasteiger partial charge in [-0.15, -0.1) is 10.2 Å². The summed E-state index contributed by atoms with van der Waals surface area (Å²) in [5, 5.41) is 11.9. The second kappa shape index (κ2) is 8.68. The molecule has 0 unspecified atom stereocenters. The van der Waals surface area contributed by atoms with Gasteiger partial charge in [0, 0.05) is 5.56 Å². The van der Waals surface area contributed by atoms with Crippen molar-refractivity contribution in [2.45, 2.75) is 18.6 Å².